The Kier molecular flexibility index (Phi) is 5.72. The summed E-state index contributed by atoms with van der Waals surface area (Å²) in [6, 6.07) is 8.58. The molecule has 1 fully saturated rings. The summed E-state index contributed by atoms with van der Waals surface area (Å²) in [5.41, 5.74) is 4.16. The number of rotatable bonds is 5. The van der Waals surface area contributed by atoms with Crippen LogP contribution in [0.2, 0.25) is 0 Å². The van der Waals surface area contributed by atoms with Gasteiger partial charge in [0, 0.05) is 17.2 Å². The molecule has 3 aromatic rings. The van der Waals surface area contributed by atoms with Crippen LogP contribution in [0, 0.1) is 5.92 Å². The number of aryl methyl sites for hydroxylation is 1. The lowest BCUT2D eigenvalue weighted by Crippen LogP contribution is -2.43. The molecule has 176 valence electrons. The molecule has 2 aromatic carbocycles. The van der Waals surface area contributed by atoms with E-state index in [2.05, 4.69) is 37.7 Å². The Hall–Kier alpha value is -2.60. The molecule has 0 amide bonds. The van der Waals surface area contributed by atoms with Gasteiger partial charge in [0.25, 0.3) is 10.0 Å². The minimum Gasteiger partial charge on any atom is -0.397 e. The van der Waals surface area contributed by atoms with Crippen molar-refractivity contribution >= 4 is 37.3 Å². The number of sulfonamides is 1. The summed E-state index contributed by atoms with van der Waals surface area (Å²) in [6.45, 7) is 2.12. The van der Waals surface area contributed by atoms with Crippen LogP contribution in [0.1, 0.15) is 36.7 Å². The molecule has 0 aliphatic heterocycles. The topological polar surface area (TPSA) is 103 Å². The van der Waals surface area contributed by atoms with Gasteiger partial charge in [0.2, 0.25) is 0 Å². The van der Waals surface area contributed by atoms with Crippen LogP contribution in [0.5, 0.6) is 0 Å². The van der Waals surface area contributed by atoms with E-state index in [4.69, 9.17) is 5.73 Å². The van der Waals surface area contributed by atoms with Gasteiger partial charge >= 0.3 is 6.18 Å². The Morgan fingerprint density at radius 2 is 1.94 bits per heavy atom. The Labute approximate surface area is 197 Å². The molecule has 0 bridgehead atoms. The predicted molar refractivity (Wildman–Crippen MR) is 121 cm³/mol. The highest BCUT2D eigenvalue weighted by Gasteiger charge is 2.48. The zero-order valence-corrected chi connectivity index (χ0v) is 20.1. The summed E-state index contributed by atoms with van der Waals surface area (Å²) in [7, 11) is -2.61. The summed E-state index contributed by atoms with van der Waals surface area (Å²) in [6.07, 6.45) is -1.71. The van der Waals surface area contributed by atoms with Gasteiger partial charge < -0.3 is 5.73 Å². The predicted octanol–water partition coefficient (Wildman–Crippen LogP) is 4.70. The molecule has 0 atom stereocenters. The summed E-state index contributed by atoms with van der Waals surface area (Å²) >= 11 is 2.94. The van der Waals surface area contributed by atoms with Crippen LogP contribution in [0.3, 0.4) is 0 Å². The second kappa shape index (κ2) is 8.01. The molecule has 1 aliphatic rings. The summed E-state index contributed by atoms with van der Waals surface area (Å²) < 4.78 is 70.0. The maximum atomic E-state index is 13.3. The lowest BCUT2D eigenvalue weighted by atomic mass is 9.58. The molecular weight excluding hydrogens is 523 g/mol. The molecule has 0 saturated heterocycles. The fourth-order valence-electron chi connectivity index (χ4n) is 4.55. The number of halogens is 4. The third-order valence-electron chi connectivity index (χ3n) is 5.90. The van der Waals surface area contributed by atoms with Crippen molar-refractivity contribution in [2.24, 2.45) is 13.0 Å². The highest BCUT2D eigenvalue weighted by atomic mass is 79.9. The highest BCUT2D eigenvalue weighted by Crippen LogP contribution is 2.51. The van der Waals surface area contributed by atoms with Crippen LogP contribution in [0.4, 0.5) is 24.5 Å². The average molecular weight is 544 g/mol. The molecule has 3 N–H and O–H groups in total. The number of hydrogen-bond acceptors (Lipinski definition) is 5. The molecule has 0 spiro atoms. The van der Waals surface area contributed by atoms with E-state index >= 15 is 0 Å². The van der Waals surface area contributed by atoms with Gasteiger partial charge in [0.15, 0.2) is 0 Å². The van der Waals surface area contributed by atoms with Crippen molar-refractivity contribution < 1.29 is 21.6 Å². The van der Waals surface area contributed by atoms with Gasteiger partial charge in [-0.05, 0) is 48.6 Å². The standard InChI is InChI=1S/C21H21BrF3N5O2S/c1-12-9-20(10-12,19-27-11-28-30(19)2)13-4-3-5-15(6-13)29-33(31,32)17-8-14(22)7-16(18(17)26)21(23,24)25/h3-8,11-12,29H,9-10,26H2,1-2H3. The van der Waals surface area contributed by atoms with E-state index in [9.17, 15) is 21.6 Å². The van der Waals surface area contributed by atoms with Crippen molar-refractivity contribution in [3.05, 3.63) is 64.1 Å². The van der Waals surface area contributed by atoms with Crippen LogP contribution < -0.4 is 10.5 Å². The van der Waals surface area contributed by atoms with E-state index in [1.807, 2.05) is 6.07 Å². The van der Waals surface area contributed by atoms with Crippen molar-refractivity contribution in [1.82, 2.24) is 14.8 Å². The maximum absolute atomic E-state index is 13.3. The second-order valence-corrected chi connectivity index (χ2v) is 10.9. The molecule has 4 rings (SSSR count). The van der Waals surface area contributed by atoms with Gasteiger partial charge in [0.1, 0.15) is 17.0 Å². The van der Waals surface area contributed by atoms with E-state index in [0.717, 1.165) is 36.4 Å². The number of benzene rings is 2. The monoisotopic (exact) mass is 543 g/mol. The van der Waals surface area contributed by atoms with Crippen molar-refractivity contribution in [1.29, 1.82) is 0 Å². The first kappa shape index (κ1) is 23.6. The Morgan fingerprint density at radius 1 is 1.24 bits per heavy atom. The summed E-state index contributed by atoms with van der Waals surface area (Å²) in [4.78, 5) is 3.75. The van der Waals surface area contributed by atoms with Crippen LogP contribution in [-0.4, -0.2) is 23.2 Å². The van der Waals surface area contributed by atoms with Gasteiger partial charge in [-0.3, -0.25) is 9.40 Å². The van der Waals surface area contributed by atoms with Crippen LogP contribution in [0.15, 0.2) is 52.1 Å². The molecule has 1 aromatic heterocycles. The number of anilines is 2. The number of nitrogens with two attached hydrogens (primary N) is 1. The lowest BCUT2D eigenvalue weighted by Gasteiger charge is -2.46. The first-order chi connectivity index (χ1) is 15.3. The Bertz CT molecular complexity index is 1320. The SMILES string of the molecule is CC1CC(c2cccc(NS(=O)(=O)c3cc(Br)cc(C(F)(F)F)c3N)c2)(c2ncnn2C)C1. The zero-order valence-electron chi connectivity index (χ0n) is 17.7. The number of aromatic nitrogens is 3. The maximum Gasteiger partial charge on any atom is 0.418 e. The molecule has 7 nitrogen and oxygen atoms in total. The van der Waals surface area contributed by atoms with Crippen molar-refractivity contribution in [2.75, 3.05) is 10.5 Å². The van der Waals surface area contributed by atoms with Crippen LogP contribution in [0.25, 0.3) is 0 Å². The van der Waals surface area contributed by atoms with Gasteiger partial charge in [-0.25, -0.2) is 13.4 Å². The number of nitrogens with zero attached hydrogens (tertiary/aromatic N) is 3. The van der Waals surface area contributed by atoms with Crippen LogP contribution in [-0.2, 0) is 28.7 Å². The lowest BCUT2D eigenvalue weighted by molar-refractivity contribution is -0.137. The van der Waals surface area contributed by atoms with Gasteiger partial charge in [0.05, 0.1) is 16.7 Å². The van der Waals surface area contributed by atoms with Gasteiger partial charge in [-0.1, -0.05) is 35.0 Å². The molecular formula is C21H21BrF3N5O2S. The second-order valence-electron chi connectivity index (χ2n) is 8.35. The zero-order chi connectivity index (χ0) is 24.2. The molecule has 1 aliphatic carbocycles. The molecule has 0 radical (unpaired) electrons. The normalized spacial score (nSPS) is 21.0. The average Bonchev–Trinajstić information content (AvgIpc) is 3.12. The molecule has 0 unspecified atom stereocenters. The van der Waals surface area contributed by atoms with E-state index in [1.54, 1.807) is 23.9 Å². The smallest absolute Gasteiger partial charge is 0.397 e. The van der Waals surface area contributed by atoms with E-state index in [-0.39, 0.29) is 10.2 Å². The fraction of sp³-hybridized carbons (Fsp3) is 0.333. The number of hydrogen-bond donors (Lipinski definition) is 2. The first-order valence-corrected chi connectivity index (χ1v) is 12.3. The van der Waals surface area contributed by atoms with E-state index in [0.29, 0.717) is 5.92 Å². The minimum absolute atomic E-state index is 0.0529. The Morgan fingerprint density at radius 3 is 2.52 bits per heavy atom. The molecule has 1 heterocycles. The van der Waals surface area contributed by atoms with Crippen molar-refractivity contribution in [3.63, 3.8) is 0 Å². The van der Waals surface area contributed by atoms with Crippen LogP contribution >= 0.6 is 15.9 Å². The number of alkyl halides is 3. The third-order valence-corrected chi connectivity index (χ3v) is 7.78. The van der Waals surface area contributed by atoms with Crippen molar-refractivity contribution in [2.45, 2.75) is 36.3 Å². The van der Waals surface area contributed by atoms with E-state index in [1.165, 1.54) is 12.4 Å². The summed E-state index contributed by atoms with van der Waals surface area (Å²) in [5.74, 6) is 1.22. The fourth-order valence-corrected chi connectivity index (χ4v) is 6.39. The highest BCUT2D eigenvalue weighted by molar-refractivity contribution is 9.10. The minimum atomic E-state index is -4.80. The molecule has 1 saturated carbocycles. The third kappa shape index (κ3) is 4.21. The quantitative estimate of drug-likeness (QED) is 0.454. The van der Waals surface area contributed by atoms with Gasteiger partial charge in [-0.2, -0.15) is 18.3 Å². The number of nitrogens with one attached hydrogen (secondary N) is 1. The largest absolute Gasteiger partial charge is 0.418 e. The van der Waals surface area contributed by atoms with Crippen molar-refractivity contribution in [3.8, 4) is 0 Å². The first-order valence-electron chi connectivity index (χ1n) is 9.97. The number of nitrogen functional groups attached to an aromatic ring is 1. The van der Waals surface area contributed by atoms with Gasteiger partial charge in [-0.15, -0.1) is 0 Å². The molecule has 33 heavy (non-hydrogen) atoms. The molecule has 12 heteroatoms. The Balaban J connectivity index is 1.73. The summed E-state index contributed by atoms with van der Waals surface area (Å²) in [5, 5.41) is 4.17. The van der Waals surface area contributed by atoms with E-state index < -0.39 is 37.8 Å².